The lowest BCUT2D eigenvalue weighted by Crippen LogP contribution is -2.40. The third-order valence-electron chi connectivity index (χ3n) is 3.80. The average Bonchev–Trinajstić information content (AvgIpc) is 2.63. The number of carbonyl (C=O) groups is 1. The molecule has 0 saturated carbocycles. The number of benzene rings is 1. The van der Waals surface area contributed by atoms with E-state index < -0.39 is 0 Å². The minimum atomic E-state index is 0. The zero-order valence-electron chi connectivity index (χ0n) is 16.2. The van der Waals surface area contributed by atoms with Crippen molar-refractivity contribution in [2.45, 2.75) is 39.3 Å². The first-order valence-corrected chi connectivity index (χ1v) is 8.48. The number of nitrogens with one attached hydrogen (secondary N) is 3. The number of rotatable bonds is 9. The standard InChI is InChI=1S/C18H30N4O3.HI/c1-6-13(2)22-17(23)9-10-20-18(19-3)21-12-14-7-8-15(24-4)16(11-14)25-5;/h7-8,11,13H,6,9-10,12H2,1-5H3,(H,22,23)(H2,19,20,21);1H. The molecule has 0 saturated heterocycles. The Morgan fingerprint density at radius 1 is 1.19 bits per heavy atom. The zero-order valence-corrected chi connectivity index (χ0v) is 18.5. The Hall–Kier alpha value is -1.71. The number of hydrogen-bond donors (Lipinski definition) is 3. The van der Waals surface area contributed by atoms with Crippen molar-refractivity contribution >= 4 is 35.8 Å². The van der Waals surface area contributed by atoms with Gasteiger partial charge in [-0.3, -0.25) is 9.79 Å². The van der Waals surface area contributed by atoms with Crippen molar-refractivity contribution in [3.8, 4) is 11.5 Å². The highest BCUT2D eigenvalue weighted by Gasteiger charge is 2.07. The topological polar surface area (TPSA) is 84.0 Å². The van der Waals surface area contributed by atoms with Crippen LogP contribution >= 0.6 is 24.0 Å². The number of hydrogen-bond acceptors (Lipinski definition) is 4. The van der Waals surface area contributed by atoms with Crippen LogP contribution in [0.5, 0.6) is 11.5 Å². The van der Waals surface area contributed by atoms with Crippen LogP contribution in [0, 0.1) is 0 Å². The van der Waals surface area contributed by atoms with Crippen LogP contribution in [0.3, 0.4) is 0 Å². The Labute approximate surface area is 173 Å². The molecule has 0 bridgehead atoms. The Kier molecular flexibility index (Phi) is 12.6. The molecule has 0 heterocycles. The summed E-state index contributed by atoms with van der Waals surface area (Å²) in [5, 5.41) is 9.28. The van der Waals surface area contributed by atoms with E-state index in [-0.39, 0.29) is 35.9 Å². The molecule has 1 unspecified atom stereocenters. The van der Waals surface area contributed by atoms with Gasteiger partial charge in [-0.05, 0) is 31.0 Å². The zero-order chi connectivity index (χ0) is 18.7. The highest BCUT2D eigenvalue weighted by molar-refractivity contribution is 14.0. The fourth-order valence-electron chi connectivity index (χ4n) is 2.14. The van der Waals surface area contributed by atoms with Gasteiger partial charge in [-0.15, -0.1) is 24.0 Å². The summed E-state index contributed by atoms with van der Waals surface area (Å²) >= 11 is 0. The van der Waals surface area contributed by atoms with E-state index >= 15 is 0 Å². The summed E-state index contributed by atoms with van der Waals surface area (Å²) in [6, 6.07) is 5.94. The summed E-state index contributed by atoms with van der Waals surface area (Å²) < 4.78 is 10.5. The molecule has 1 amide bonds. The summed E-state index contributed by atoms with van der Waals surface area (Å²) in [5.41, 5.74) is 1.04. The highest BCUT2D eigenvalue weighted by atomic mass is 127. The van der Waals surface area contributed by atoms with E-state index in [0.717, 1.165) is 12.0 Å². The van der Waals surface area contributed by atoms with Crippen LogP contribution in [0.2, 0.25) is 0 Å². The molecule has 8 heteroatoms. The number of ether oxygens (including phenoxy) is 2. The number of methoxy groups -OCH3 is 2. The first kappa shape index (κ1) is 24.3. The van der Waals surface area contributed by atoms with Crippen molar-refractivity contribution in [2.24, 2.45) is 4.99 Å². The lowest BCUT2D eigenvalue weighted by molar-refractivity contribution is -0.121. The first-order chi connectivity index (χ1) is 12.0. The van der Waals surface area contributed by atoms with Gasteiger partial charge in [-0.25, -0.2) is 0 Å². The van der Waals surface area contributed by atoms with Gasteiger partial charge in [-0.1, -0.05) is 13.0 Å². The lowest BCUT2D eigenvalue weighted by atomic mass is 10.2. The molecule has 7 nitrogen and oxygen atoms in total. The average molecular weight is 478 g/mol. The van der Waals surface area contributed by atoms with Gasteiger partial charge in [0.1, 0.15) is 0 Å². The summed E-state index contributed by atoms with van der Waals surface area (Å²) in [6.07, 6.45) is 1.33. The molecule has 3 N–H and O–H groups in total. The van der Waals surface area contributed by atoms with Gasteiger partial charge in [0.15, 0.2) is 17.5 Å². The van der Waals surface area contributed by atoms with Crippen molar-refractivity contribution in [3.63, 3.8) is 0 Å². The maximum Gasteiger partial charge on any atom is 0.221 e. The number of carbonyl (C=O) groups excluding carboxylic acids is 1. The second kappa shape index (κ2) is 13.5. The molecule has 0 aromatic heterocycles. The molecular formula is C18H31IN4O3. The van der Waals surface area contributed by atoms with Crippen LogP contribution in [0.4, 0.5) is 0 Å². The normalized spacial score (nSPS) is 11.8. The molecule has 1 aromatic rings. The van der Waals surface area contributed by atoms with E-state index in [1.165, 1.54) is 0 Å². The maximum atomic E-state index is 11.8. The molecular weight excluding hydrogens is 447 g/mol. The third-order valence-corrected chi connectivity index (χ3v) is 3.80. The molecule has 0 spiro atoms. The van der Waals surface area contributed by atoms with Crippen molar-refractivity contribution in [1.29, 1.82) is 0 Å². The smallest absolute Gasteiger partial charge is 0.221 e. The van der Waals surface area contributed by atoms with Crippen LogP contribution in [-0.2, 0) is 11.3 Å². The molecule has 0 fully saturated rings. The lowest BCUT2D eigenvalue weighted by Gasteiger charge is -2.14. The number of amides is 1. The van der Waals surface area contributed by atoms with Gasteiger partial charge < -0.3 is 25.4 Å². The van der Waals surface area contributed by atoms with Crippen LogP contribution in [-0.4, -0.2) is 45.7 Å². The molecule has 0 aliphatic heterocycles. The molecule has 1 rings (SSSR count). The van der Waals surface area contributed by atoms with Crippen molar-refractivity contribution in [1.82, 2.24) is 16.0 Å². The third kappa shape index (κ3) is 8.59. The van der Waals surface area contributed by atoms with E-state index in [1.807, 2.05) is 32.0 Å². The largest absolute Gasteiger partial charge is 0.493 e. The fourth-order valence-corrected chi connectivity index (χ4v) is 2.14. The Balaban J connectivity index is 0.00000625. The van der Waals surface area contributed by atoms with Gasteiger partial charge in [0.2, 0.25) is 5.91 Å². The van der Waals surface area contributed by atoms with Crippen molar-refractivity contribution in [2.75, 3.05) is 27.8 Å². The van der Waals surface area contributed by atoms with E-state index in [2.05, 4.69) is 20.9 Å². The number of aliphatic imine (C=N–C) groups is 1. The van der Waals surface area contributed by atoms with Gasteiger partial charge in [0.05, 0.1) is 14.2 Å². The van der Waals surface area contributed by atoms with E-state index in [0.29, 0.717) is 37.0 Å². The minimum absolute atomic E-state index is 0. The summed E-state index contributed by atoms with van der Waals surface area (Å²) in [7, 11) is 4.92. The number of halogens is 1. The second-order valence-corrected chi connectivity index (χ2v) is 5.67. The summed E-state index contributed by atoms with van der Waals surface area (Å²) in [6.45, 7) is 5.14. The Bertz CT molecular complexity index is 582. The van der Waals surface area contributed by atoms with Crippen LogP contribution < -0.4 is 25.4 Å². The fraction of sp³-hybridized carbons (Fsp3) is 0.556. The number of nitrogens with zero attached hydrogens (tertiary/aromatic N) is 1. The SMILES string of the molecule is CCC(C)NC(=O)CCNC(=NC)NCc1ccc(OC)c(OC)c1.I. The summed E-state index contributed by atoms with van der Waals surface area (Å²) in [4.78, 5) is 15.9. The minimum Gasteiger partial charge on any atom is -0.493 e. The molecule has 0 aliphatic rings. The monoisotopic (exact) mass is 478 g/mol. The van der Waals surface area contributed by atoms with E-state index in [1.54, 1.807) is 21.3 Å². The van der Waals surface area contributed by atoms with Gasteiger partial charge in [0.25, 0.3) is 0 Å². The molecule has 0 aliphatic carbocycles. The molecule has 0 radical (unpaired) electrons. The molecule has 26 heavy (non-hydrogen) atoms. The Morgan fingerprint density at radius 3 is 2.46 bits per heavy atom. The predicted octanol–water partition coefficient (Wildman–Crippen LogP) is 2.29. The number of guanidine groups is 1. The van der Waals surface area contributed by atoms with Gasteiger partial charge in [-0.2, -0.15) is 0 Å². The quantitative estimate of drug-likeness (QED) is 0.288. The molecule has 1 aromatic carbocycles. The van der Waals surface area contributed by atoms with Crippen LogP contribution in [0.1, 0.15) is 32.3 Å². The first-order valence-electron chi connectivity index (χ1n) is 8.48. The maximum absolute atomic E-state index is 11.8. The summed E-state index contributed by atoms with van der Waals surface area (Å²) in [5.74, 6) is 2.07. The van der Waals surface area contributed by atoms with E-state index in [9.17, 15) is 4.79 Å². The van der Waals surface area contributed by atoms with Gasteiger partial charge >= 0.3 is 0 Å². The molecule has 1 atom stereocenters. The van der Waals surface area contributed by atoms with Crippen molar-refractivity contribution < 1.29 is 14.3 Å². The molecule has 148 valence electrons. The Morgan fingerprint density at radius 2 is 1.88 bits per heavy atom. The van der Waals surface area contributed by atoms with Gasteiger partial charge in [0, 0.05) is 32.6 Å². The second-order valence-electron chi connectivity index (χ2n) is 5.67. The predicted molar refractivity (Wildman–Crippen MR) is 116 cm³/mol. The van der Waals surface area contributed by atoms with Crippen LogP contribution in [0.25, 0.3) is 0 Å². The van der Waals surface area contributed by atoms with Crippen molar-refractivity contribution in [3.05, 3.63) is 23.8 Å². The van der Waals surface area contributed by atoms with E-state index in [4.69, 9.17) is 9.47 Å². The van der Waals surface area contributed by atoms with Crippen LogP contribution in [0.15, 0.2) is 23.2 Å². The highest BCUT2D eigenvalue weighted by Crippen LogP contribution is 2.27.